The quantitative estimate of drug-likeness (QED) is 0.329. The maximum Gasteiger partial charge on any atom is 0.221 e. The van der Waals surface area contributed by atoms with Gasteiger partial charge in [-0.25, -0.2) is 23.0 Å². The Morgan fingerprint density at radius 2 is 2.00 bits per heavy atom. The van der Waals surface area contributed by atoms with Gasteiger partial charge in [0.05, 0.1) is 43.4 Å². The number of pyridine rings is 2. The summed E-state index contributed by atoms with van der Waals surface area (Å²) < 4.78 is 41.8. The minimum Gasteiger partial charge on any atom is -0.483 e. The van der Waals surface area contributed by atoms with Crippen LogP contribution in [0.2, 0.25) is 0 Å². The first-order chi connectivity index (χ1) is 18.9. The highest BCUT2D eigenvalue weighted by atomic mass is 19.1. The topological polar surface area (TPSA) is 123 Å². The molecule has 0 aliphatic carbocycles. The molecule has 0 atom stereocenters. The average Bonchev–Trinajstić information content (AvgIpc) is 3.49. The van der Waals surface area contributed by atoms with Crippen LogP contribution in [0.3, 0.4) is 0 Å². The van der Waals surface area contributed by atoms with E-state index in [-0.39, 0.29) is 17.4 Å². The van der Waals surface area contributed by atoms with E-state index in [4.69, 9.17) is 9.47 Å². The van der Waals surface area contributed by atoms with Gasteiger partial charge in [-0.05, 0) is 25.8 Å². The van der Waals surface area contributed by atoms with Gasteiger partial charge in [0.25, 0.3) is 0 Å². The molecule has 0 amide bonds. The number of halogens is 2. The van der Waals surface area contributed by atoms with Crippen molar-refractivity contribution in [2.45, 2.75) is 31.8 Å². The zero-order valence-corrected chi connectivity index (χ0v) is 21.0. The molecule has 4 aromatic rings. The van der Waals surface area contributed by atoms with Gasteiger partial charge in [0.1, 0.15) is 40.1 Å². The molecule has 0 bridgehead atoms. The Hall–Kier alpha value is -4.28. The fourth-order valence-corrected chi connectivity index (χ4v) is 5.12. The molecule has 6 rings (SSSR count). The van der Waals surface area contributed by atoms with Gasteiger partial charge in [-0.15, -0.1) is 5.10 Å². The van der Waals surface area contributed by atoms with Crippen LogP contribution in [0.5, 0.6) is 5.75 Å². The third kappa shape index (κ3) is 4.62. The highest BCUT2D eigenvalue weighted by Crippen LogP contribution is 2.33. The molecule has 0 N–H and O–H groups in total. The predicted molar refractivity (Wildman–Crippen MR) is 132 cm³/mol. The van der Waals surface area contributed by atoms with Crippen molar-refractivity contribution in [2.75, 3.05) is 32.9 Å². The minimum absolute atomic E-state index is 0.183. The van der Waals surface area contributed by atoms with Crippen molar-refractivity contribution in [3.05, 3.63) is 59.3 Å². The van der Waals surface area contributed by atoms with Crippen LogP contribution in [0.1, 0.15) is 40.6 Å². The molecule has 2 fully saturated rings. The Labute approximate surface area is 221 Å². The van der Waals surface area contributed by atoms with Gasteiger partial charge in [-0.1, -0.05) is 5.21 Å². The molecule has 0 spiro atoms. The third-order valence-electron chi connectivity index (χ3n) is 7.31. The van der Waals surface area contributed by atoms with Crippen molar-refractivity contribution in [3.8, 4) is 23.1 Å². The van der Waals surface area contributed by atoms with Gasteiger partial charge in [-0.2, -0.15) is 10.4 Å². The number of aromatic nitrogens is 6. The second-order valence-corrected chi connectivity index (χ2v) is 9.68. The van der Waals surface area contributed by atoms with Gasteiger partial charge < -0.3 is 9.47 Å². The van der Waals surface area contributed by atoms with E-state index in [1.54, 1.807) is 12.3 Å². The Morgan fingerprint density at radius 3 is 2.69 bits per heavy atom. The molecule has 13 heteroatoms. The second kappa shape index (κ2) is 10.1. The first-order valence-electron chi connectivity index (χ1n) is 12.6. The van der Waals surface area contributed by atoms with E-state index in [1.165, 1.54) is 10.7 Å². The van der Waals surface area contributed by atoms with Crippen LogP contribution in [-0.4, -0.2) is 79.2 Å². The molecule has 4 aromatic heterocycles. The third-order valence-corrected chi connectivity index (χ3v) is 7.31. The molecule has 6 heterocycles. The highest BCUT2D eigenvalue weighted by Gasteiger charge is 2.31. The van der Waals surface area contributed by atoms with Crippen molar-refractivity contribution >= 4 is 11.3 Å². The summed E-state index contributed by atoms with van der Waals surface area (Å²) in [5.41, 5.74) is 2.15. The number of rotatable bonds is 7. The fraction of sp³-hybridized carbons (Fsp3) is 0.385. The van der Waals surface area contributed by atoms with Crippen molar-refractivity contribution in [3.63, 3.8) is 0 Å². The van der Waals surface area contributed by atoms with Gasteiger partial charge in [0, 0.05) is 30.9 Å². The monoisotopic (exact) mass is 534 g/mol. The lowest BCUT2D eigenvalue weighted by Crippen LogP contribution is -2.52. The maximum absolute atomic E-state index is 14.1. The number of nitriles is 1. The molecule has 200 valence electrons. The lowest BCUT2D eigenvalue weighted by Gasteiger charge is -2.41. The Morgan fingerprint density at radius 1 is 1.21 bits per heavy atom. The Balaban J connectivity index is 1.27. The standard InChI is InChI=1S/C26H24F2N8O3/c1-15-24(32-33-36(15)19-2-4-34(5-3-19)20-12-38-13-20)16-6-23(26-17(8-29)9-31-35(26)11-16)39-14-22(37)25-21(28)7-18(27)10-30-25/h6-7,9-11,19-20H,2-5,12-14H2,1H3. The fourth-order valence-electron chi connectivity index (χ4n) is 5.12. The van der Waals surface area contributed by atoms with E-state index in [0.717, 1.165) is 51.0 Å². The number of Topliss-reactive ketones (excluding diaryl/α,β-unsaturated/α-hetero) is 1. The van der Waals surface area contributed by atoms with Crippen LogP contribution in [0.25, 0.3) is 16.8 Å². The maximum atomic E-state index is 14.1. The van der Waals surface area contributed by atoms with E-state index < -0.39 is 29.7 Å². The number of likely N-dealkylation sites (tertiary alicyclic amines) is 1. The lowest BCUT2D eigenvalue weighted by molar-refractivity contribution is -0.0735. The number of carbonyl (C=O) groups is 1. The van der Waals surface area contributed by atoms with Crippen molar-refractivity contribution in [1.29, 1.82) is 5.26 Å². The summed E-state index contributed by atoms with van der Waals surface area (Å²) in [5.74, 6) is -2.57. The van der Waals surface area contributed by atoms with E-state index in [0.29, 0.717) is 28.9 Å². The number of hydrogen-bond donors (Lipinski definition) is 0. The first kappa shape index (κ1) is 25.0. The number of hydrogen-bond acceptors (Lipinski definition) is 9. The summed E-state index contributed by atoms with van der Waals surface area (Å²) in [7, 11) is 0. The second-order valence-electron chi connectivity index (χ2n) is 9.68. The van der Waals surface area contributed by atoms with E-state index in [2.05, 4.69) is 31.4 Å². The molecule has 2 aliphatic heterocycles. The van der Waals surface area contributed by atoms with Crippen molar-refractivity contribution in [1.82, 2.24) is 34.5 Å². The van der Waals surface area contributed by atoms with Gasteiger partial charge in [0.15, 0.2) is 12.4 Å². The van der Waals surface area contributed by atoms with E-state index in [9.17, 15) is 18.8 Å². The minimum atomic E-state index is -1.08. The number of carbonyl (C=O) groups excluding carboxylic acids is 1. The SMILES string of the molecule is Cc1c(-c2cc(OCC(=O)c3ncc(F)cc3F)c3c(C#N)cnn3c2)nnn1C1CCN(C2COC2)CC1. The number of ketones is 1. The zero-order chi connectivity index (χ0) is 27.1. The molecule has 39 heavy (non-hydrogen) atoms. The van der Waals surface area contributed by atoms with Crippen LogP contribution >= 0.6 is 0 Å². The smallest absolute Gasteiger partial charge is 0.221 e. The number of nitrogens with zero attached hydrogens (tertiary/aromatic N) is 8. The summed E-state index contributed by atoms with van der Waals surface area (Å²) in [5, 5.41) is 22.7. The van der Waals surface area contributed by atoms with E-state index in [1.807, 2.05) is 11.6 Å². The summed E-state index contributed by atoms with van der Waals surface area (Å²) in [6, 6.07) is 5.02. The molecule has 0 unspecified atom stereocenters. The van der Waals surface area contributed by atoms with Crippen LogP contribution in [-0.2, 0) is 4.74 Å². The number of fused-ring (bicyclic) bond motifs is 1. The molecular formula is C26H24F2N8O3. The Kier molecular flexibility index (Phi) is 6.49. The largest absolute Gasteiger partial charge is 0.483 e. The number of ether oxygens (including phenoxy) is 2. The highest BCUT2D eigenvalue weighted by molar-refractivity contribution is 5.95. The summed E-state index contributed by atoms with van der Waals surface area (Å²) in [6.45, 7) is 4.90. The van der Waals surface area contributed by atoms with Crippen LogP contribution in [0.4, 0.5) is 8.78 Å². The Bertz CT molecular complexity index is 1600. The van der Waals surface area contributed by atoms with Gasteiger partial charge in [0.2, 0.25) is 5.78 Å². The molecule has 0 radical (unpaired) electrons. The van der Waals surface area contributed by atoms with E-state index >= 15 is 0 Å². The molecule has 0 aromatic carbocycles. The molecular weight excluding hydrogens is 510 g/mol. The summed E-state index contributed by atoms with van der Waals surface area (Å²) in [4.78, 5) is 18.6. The van der Waals surface area contributed by atoms with Crippen LogP contribution in [0.15, 0.2) is 30.7 Å². The summed E-state index contributed by atoms with van der Waals surface area (Å²) >= 11 is 0. The van der Waals surface area contributed by atoms with Crippen LogP contribution in [0, 0.1) is 29.9 Å². The summed E-state index contributed by atoms with van der Waals surface area (Å²) in [6.07, 6.45) is 5.77. The average molecular weight is 535 g/mol. The normalized spacial score (nSPS) is 16.8. The molecule has 0 saturated carbocycles. The number of piperidine rings is 1. The van der Waals surface area contributed by atoms with Gasteiger partial charge >= 0.3 is 0 Å². The van der Waals surface area contributed by atoms with Crippen LogP contribution < -0.4 is 4.74 Å². The molecule has 11 nitrogen and oxygen atoms in total. The zero-order valence-electron chi connectivity index (χ0n) is 21.0. The predicted octanol–water partition coefficient (Wildman–Crippen LogP) is 2.74. The molecule has 2 saturated heterocycles. The lowest BCUT2D eigenvalue weighted by atomic mass is 10.0. The van der Waals surface area contributed by atoms with Gasteiger partial charge in [-0.3, -0.25) is 9.69 Å². The van der Waals surface area contributed by atoms with Crippen molar-refractivity contribution in [2.24, 2.45) is 0 Å². The van der Waals surface area contributed by atoms with Crippen molar-refractivity contribution < 1.29 is 23.0 Å². The molecule has 2 aliphatic rings. The first-order valence-corrected chi connectivity index (χ1v) is 12.6.